The van der Waals surface area contributed by atoms with E-state index in [-0.39, 0.29) is 0 Å². The Morgan fingerprint density at radius 1 is 0.818 bits per heavy atom. The number of hydrogen-bond donors (Lipinski definition) is 0. The summed E-state index contributed by atoms with van der Waals surface area (Å²) in [5, 5.41) is 0. The Balaban J connectivity index is 1.80. The summed E-state index contributed by atoms with van der Waals surface area (Å²) in [6, 6.07) is 25.4. The van der Waals surface area contributed by atoms with E-state index in [1.807, 2.05) is 18.3 Å². The molecule has 0 bridgehead atoms. The van der Waals surface area contributed by atoms with Crippen molar-refractivity contribution in [3.63, 3.8) is 0 Å². The lowest BCUT2D eigenvalue weighted by molar-refractivity contribution is 0.680. The van der Waals surface area contributed by atoms with Gasteiger partial charge in [-0.15, -0.1) is 0 Å². The summed E-state index contributed by atoms with van der Waals surface area (Å²) in [7, 11) is 0. The number of aromatic nitrogens is 1. The van der Waals surface area contributed by atoms with Crippen molar-refractivity contribution in [3.8, 4) is 11.3 Å². The van der Waals surface area contributed by atoms with Crippen LogP contribution in [0.5, 0.6) is 0 Å². The highest BCUT2D eigenvalue weighted by atomic mass is 14.7. The number of rotatable bonds is 5. The smallest absolute Gasteiger partial charge is 0.0704 e. The van der Waals surface area contributed by atoms with E-state index in [1.165, 1.54) is 16.7 Å². The van der Waals surface area contributed by atoms with Crippen molar-refractivity contribution in [1.29, 1.82) is 0 Å². The lowest BCUT2D eigenvalue weighted by Gasteiger charge is -2.16. The fourth-order valence-corrected chi connectivity index (χ4v) is 2.87. The Morgan fingerprint density at radius 3 is 2.32 bits per heavy atom. The van der Waals surface area contributed by atoms with Crippen molar-refractivity contribution < 1.29 is 0 Å². The normalized spacial score (nSPS) is 12.0. The number of nitrogens with zero attached hydrogens (tertiary/aromatic N) is 1. The van der Waals surface area contributed by atoms with Crippen molar-refractivity contribution in [1.82, 2.24) is 4.98 Å². The van der Waals surface area contributed by atoms with Gasteiger partial charge in [-0.1, -0.05) is 67.6 Å². The molecule has 0 spiro atoms. The summed E-state index contributed by atoms with van der Waals surface area (Å²) in [6.45, 7) is 2.31. The van der Waals surface area contributed by atoms with E-state index in [0.29, 0.717) is 5.92 Å². The summed E-state index contributed by atoms with van der Waals surface area (Å²) in [6.07, 6.45) is 4.12. The Morgan fingerprint density at radius 2 is 1.55 bits per heavy atom. The summed E-state index contributed by atoms with van der Waals surface area (Å²) in [5.41, 5.74) is 5.11. The lowest BCUT2D eigenvalue weighted by atomic mass is 9.89. The Hall–Kier alpha value is -2.41. The van der Waals surface area contributed by atoms with Gasteiger partial charge in [0.05, 0.1) is 5.69 Å². The maximum Gasteiger partial charge on any atom is 0.0704 e. The molecule has 0 saturated heterocycles. The van der Waals surface area contributed by atoms with Gasteiger partial charge >= 0.3 is 0 Å². The van der Waals surface area contributed by atoms with Crippen LogP contribution in [0.4, 0.5) is 0 Å². The largest absolute Gasteiger partial charge is 0.256 e. The van der Waals surface area contributed by atoms with Crippen LogP contribution in [0.25, 0.3) is 11.3 Å². The van der Waals surface area contributed by atoms with E-state index in [0.717, 1.165) is 18.5 Å². The van der Waals surface area contributed by atoms with E-state index in [2.05, 4.69) is 72.6 Å². The van der Waals surface area contributed by atoms with Crippen LogP contribution in [0.15, 0.2) is 79.0 Å². The lowest BCUT2D eigenvalue weighted by Crippen LogP contribution is -1.99. The monoisotopic (exact) mass is 287 g/mol. The molecule has 1 nitrogen and oxygen atoms in total. The summed E-state index contributed by atoms with van der Waals surface area (Å²) >= 11 is 0. The van der Waals surface area contributed by atoms with Crippen molar-refractivity contribution in [2.45, 2.75) is 25.7 Å². The number of pyridine rings is 1. The second kappa shape index (κ2) is 7.04. The zero-order valence-corrected chi connectivity index (χ0v) is 12.9. The first-order valence-corrected chi connectivity index (χ1v) is 7.89. The molecule has 1 unspecified atom stereocenters. The Kier molecular flexibility index (Phi) is 4.65. The van der Waals surface area contributed by atoms with Crippen LogP contribution >= 0.6 is 0 Å². The average molecular weight is 287 g/mol. The van der Waals surface area contributed by atoms with Crippen molar-refractivity contribution in [3.05, 3.63) is 90.1 Å². The first kappa shape index (κ1) is 14.5. The Labute approximate surface area is 132 Å². The maximum atomic E-state index is 4.51. The summed E-state index contributed by atoms with van der Waals surface area (Å²) in [5.74, 6) is 0.512. The quantitative estimate of drug-likeness (QED) is 0.605. The molecule has 1 heteroatoms. The predicted octanol–water partition coefficient (Wildman–Crippen LogP) is 5.48. The van der Waals surface area contributed by atoms with Crippen LogP contribution in [-0.4, -0.2) is 4.98 Å². The van der Waals surface area contributed by atoms with Crippen LogP contribution < -0.4 is 0 Å². The van der Waals surface area contributed by atoms with E-state index in [4.69, 9.17) is 0 Å². The van der Waals surface area contributed by atoms with E-state index in [9.17, 15) is 0 Å². The van der Waals surface area contributed by atoms with Crippen molar-refractivity contribution in [2.75, 3.05) is 0 Å². The van der Waals surface area contributed by atoms with Gasteiger partial charge in [0.25, 0.3) is 0 Å². The molecule has 0 saturated carbocycles. The zero-order chi connectivity index (χ0) is 15.2. The van der Waals surface area contributed by atoms with Gasteiger partial charge in [0.2, 0.25) is 0 Å². The fourth-order valence-electron chi connectivity index (χ4n) is 2.87. The second-order valence-electron chi connectivity index (χ2n) is 5.73. The van der Waals surface area contributed by atoms with Crippen LogP contribution in [0.2, 0.25) is 0 Å². The van der Waals surface area contributed by atoms with Gasteiger partial charge < -0.3 is 0 Å². The highest BCUT2D eigenvalue weighted by Gasteiger charge is 2.12. The van der Waals surface area contributed by atoms with Crippen molar-refractivity contribution >= 4 is 0 Å². The van der Waals surface area contributed by atoms with Gasteiger partial charge in [-0.05, 0) is 42.0 Å². The molecule has 0 aliphatic rings. The zero-order valence-electron chi connectivity index (χ0n) is 12.9. The van der Waals surface area contributed by atoms with Crippen molar-refractivity contribution in [2.24, 2.45) is 0 Å². The minimum absolute atomic E-state index is 0.512. The highest BCUT2D eigenvalue weighted by Crippen LogP contribution is 2.30. The average Bonchev–Trinajstić information content (AvgIpc) is 2.61. The number of hydrogen-bond acceptors (Lipinski definition) is 1. The molecule has 0 amide bonds. The van der Waals surface area contributed by atoms with Gasteiger partial charge in [-0.25, -0.2) is 0 Å². The molecule has 2 aromatic carbocycles. The SMILES string of the molecule is CC(CCc1ccccc1)c1ccccc1-c1ccccn1. The second-order valence-corrected chi connectivity index (χ2v) is 5.73. The minimum Gasteiger partial charge on any atom is -0.256 e. The molecule has 0 radical (unpaired) electrons. The van der Waals surface area contributed by atoms with E-state index < -0.39 is 0 Å². The van der Waals surface area contributed by atoms with E-state index in [1.54, 1.807) is 0 Å². The van der Waals surface area contributed by atoms with Gasteiger partial charge in [-0.3, -0.25) is 4.98 Å². The molecule has 3 aromatic rings. The standard InChI is InChI=1S/C21H21N/c1-17(14-15-18-9-3-2-4-10-18)19-11-5-6-12-20(19)21-13-7-8-16-22-21/h2-13,16-17H,14-15H2,1H3. The molecule has 0 N–H and O–H groups in total. The van der Waals surface area contributed by atoms with Crippen LogP contribution in [0.3, 0.4) is 0 Å². The molecule has 0 aliphatic carbocycles. The fraction of sp³-hybridized carbons (Fsp3) is 0.190. The molecule has 1 atom stereocenters. The molecule has 0 aliphatic heterocycles. The molecule has 3 rings (SSSR count). The molecular weight excluding hydrogens is 266 g/mol. The third-order valence-electron chi connectivity index (χ3n) is 4.14. The molecule has 1 aromatic heterocycles. The van der Waals surface area contributed by atoms with Gasteiger partial charge in [-0.2, -0.15) is 0 Å². The maximum absolute atomic E-state index is 4.51. The molecule has 22 heavy (non-hydrogen) atoms. The molecule has 110 valence electrons. The van der Waals surface area contributed by atoms with Gasteiger partial charge in [0.15, 0.2) is 0 Å². The minimum atomic E-state index is 0.512. The molecule has 1 heterocycles. The molecular formula is C21H21N. The van der Waals surface area contributed by atoms with Gasteiger partial charge in [0, 0.05) is 11.8 Å². The summed E-state index contributed by atoms with van der Waals surface area (Å²) in [4.78, 5) is 4.51. The predicted molar refractivity (Wildman–Crippen MR) is 92.9 cm³/mol. The Bertz CT molecular complexity index is 704. The number of benzene rings is 2. The third-order valence-corrected chi connectivity index (χ3v) is 4.14. The van der Waals surface area contributed by atoms with Gasteiger partial charge in [0.1, 0.15) is 0 Å². The first-order chi connectivity index (χ1) is 10.8. The number of aryl methyl sites for hydroxylation is 1. The summed E-state index contributed by atoms with van der Waals surface area (Å²) < 4.78 is 0. The first-order valence-electron chi connectivity index (χ1n) is 7.89. The van der Waals surface area contributed by atoms with Crippen LogP contribution in [0.1, 0.15) is 30.4 Å². The van der Waals surface area contributed by atoms with Crippen LogP contribution in [0, 0.1) is 0 Å². The third kappa shape index (κ3) is 3.43. The highest BCUT2D eigenvalue weighted by molar-refractivity contribution is 5.64. The van der Waals surface area contributed by atoms with E-state index >= 15 is 0 Å². The molecule has 0 fully saturated rings. The topological polar surface area (TPSA) is 12.9 Å². The van der Waals surface area contributed by atoms with Crippen LogP contribution in [-0.2, 0) is 6.42 Å².